The average Bonchev–Trinajstić information content (AvgIpc) is 3.18. The highest BCUT2D eigenvalue weighted by Gasteiger charge is 2.33. The first-order chi connectivity index (χ1) is 17.4. The van der Waals surface area contributed by atoms with E-state index in [0.717, 1.165) is 12.1 Å². The Balaban J connectivity index is 2.15. The summed E-state index contributed by atoms with van der Waals surface area (Å²) in [6.45, 7) is 3.22. The molecule has 0 spiro atoms. The molecule has 7 nitrogen and oxygen atoms in total. The Morgan fingerprint density at radius 3 is 2.03 bits per heavy atom. The summed E-state index contributed by atoms with van der Waals surface area (Å²) in [6, 6.07) is 12.0. The molecule has 1 heterocycles. The summed E-state index contributed by atoms with van der Waals surface area (Å²) in [4.78, 5) is 37.6. The maximum atomic E-state index is 13.4. The van der Waals surface area contributed by atoms with Crippen LogP contribution >= 0.6 is 0 Å². The number of Topliss-reactive ketones (excluding diaryl/α,β-unsaturated/α-hetero) is 1. The second-order valence-electron chi connectivity index (χ2n) is 7.96. The average molecular weight is 510 g/mol. The van der Waals surface area contributed by atoms with E-state index in [1.807, 2.05) is 0 Å². The zero-order valence-corrected chi connectivity index (χ0v) is 20.3. The van der Waals surface area contributed by atoms with Crippen molar-refractivity contribution in [2.45, 2.75) is 20.0 Å². The first-order valence-corrected chi connectivity index (χ1v) is 10.8. The fourth-order valence-electron chi connectivity index (χ4n) is 3.93. The van der Waals surface area contributed by atoms with Crippen LogP contribution in [0.15, 0.2) is 54.1 Å². The molecule has 190 valence electrons. The number of aromatic nitrogens is 1. The Kier molecular flexibility index (Phi) is 7.67. The normalized spacial score (nSPS) is 11.6. The highest BCUT2D eigenvalue weighted by molar-refractivity contribution is 6.15. The molecule has 0 saturated heterocycles. The molecular formula is C27H21F3N2O5. The van der Waals surface area contributed by atoms with E-state index in [4.69, 9.17) is 9.47 Å². The quantitative estimate of drug-likeness (QED) is 0.189. The topological polar surface area (TPSA) is 98.4 Å². The van der Waals surface area contributed by atoms with Crippen molar-refractivity contribution in [2.75, 3.05) is 14.2 Å². The summed E-state index contributed by atoms with van der Waals surface area (Å²) in [6.07, 6.45) is -3.76. The Labute approximate surface area is 210 Å². The highest BCUT2D eigenvalue weighted by atomic mass is 19.4. The van der Waals surface area contributed by atoms with Gasteiger partial charge in [-0.1, -0.05) is 18.2 Å². The first-order valence-electron chi connectivity index (χ1n) is 10.8. The molecule has 0 atom stereocenters. The second kappa shape index (κ2) is 10.5. The van der Waals surface area contributed by atoms with E-state index in [1.165, 1.54) is 56.7 Å². The first kappa shape index (κ1) is 26.9. The summed E-state index contributed by atoms with van der Waals surface area (Å²) < 4.78 is 51.3. The molecule has 1 aromatic heterocycles. The van der Waals surface area contributed by atoms with Crippen molar-refractivity contribution in [2.24, 2.45) is 0 Å². The second-order valence-corrected chi connectivity index (χ2v) is 7.96. The number of methoxy groups -OCH3 is 2. The van der Waals surface area contributed by atoms with Crippen molar-refractivity contribution >= 4 is 23.8 Å². The number of hydrogen-bond acceptors (Lipinski definition) is 6. The van der Waals surface area contributed by atoms with Gasteiger partial charge in [-0.05, 0) is 55.8 Å². The molecule has 0 radical (unpaired) electrons. The van der Waals surface area contributed by atoms with E-state index in [0.29, 0.717) is 17.1 Å². The van der Waals surface area contributed by atoms with Crippen LogP contribution in [0.2, 0.25) is 0 Å². The third-order valence-corrected chi connectivity index (χ3v) is 5.63. The van der Waals surface area contributed by atoms with Gasteiger partial charge < -0.3 is 14.0 Å². The number of carbonyl (C=O) groups excluding carboxylic acids is 3. The van der Waals surface area contributed by atoms with Gasteiger partial charge in [0, 0.05) is 22.6 Å². The van der Waals surface area contributed by atoms with E-state index in [1.54, 1.807) is 24.5 Å². The molecule has 0 aliphatic carbocycles. The van der Waals surface area contributed by atoms with E-state index in [9.17, 15) is 32.8 Å². The largest absolute Gasteiger partial charge is 0.465 e. The van der Waals surface area contributed by atoms with Crippen molar-refractivity contribution in [1.82, 2.24) is 4.57 Å². The van der Waals surface area contributed by atoms with Gasteiger partial charge in [-0.2, -0.15) is 18.4 Å². The number of halogens is 3. The Morgan fingerprint density at radius 1 is 0.946 bits per heavy atom. The predicted octanol–water partition coefficient (Wildman–Crippen LogP) is 5.48. The molecule has 37 heavy (non-hydrogen) atoms. The number of carbonyl (C=O) groups is 3. The van der Waals surface area contributed by atoms with Gasteiger partial charge in [-0.25, -0.2) is 9.59 Å². The van der Waals surface area contributed by atoms with Crippen LogP contribution in [-0.2, 0) is 15.7 Å². The molecule has 3 aromatic rings. The molecule has 0 aliphatic heterocycles. The minimum atomic E-state index is -4.67. The minimum absolute atomic E-state index is 0.0575. The molecule has 10 heteroatoms. The summed E-state index contributed by atoms with van der Waals surface area (Å²) in [5, 5.41) is 9.62. The Hall–Kier alpha value is -4.65. The van der Waals surface area contributed by atoms with Gasteiger partial charge in [0.05, 0.1) is 30.9 Å². The zero-order valence-electron chi connectivity index (χ0n) is 20.3. The van der Waals surface area contributed by atoms with Crippen LogP contribution in [0.5, 0.6) is 0 Å². The van der Waals surface area contributed by atoms with Crippen LogP contribution in [-0.4, -0.2) is 36.5 Å². The summed E-state index contributed by atoms with van der Waals surface area (Å²) in [5.74, 6) is -2.19. The fourth-order valence-corrected chi connectivity index (χ4v) is 3.93. The number of allylic oxidation sites excluding steroid dienone is 1. The number of aryl methyl sites for hydroxylation is 1. The van der Waals surface area contributed by atoms with Crippen LogP contribution < -0.4 is 0 Å². The van der Waals surface area contributed by atoms with Crippen molar-refractivity contribution in [3.8, 4) is 11.8 Å². The number of ketones is 1. The van der Waals surface area contributed by atoms with Crippen molar-refractivity contribution in [3.05, 3.63) is 93.3 Å². The number of nitriles is 1. The number of alkyl halides is 3. The molecule has 3 rings (SSSR count). The lowest BCUT2D eigenvalue weighted by molar-refractivity contribution is -0.137. The van der Waals surface area contributed by atoms with Crippen LogP contribution in [0.1, 0.15) is 53.6 Å². The molecule has 0 unspecified atom stereocenters. The van der Waals surface area contributed by atoms with Gasteiger partial charge in [0.25, 0.3) is 0 Å². The third-order valence-electron chi connectivity index (χ3n) is 5.63. The molecule has 0 fully saturated rings. The van der Waals surface area contributed by atoms with Gasteiger partial charge in [0.2, 0.25) is 5.78 Å². The molecule has 0 N–H and O–H groups in total. The SMILES string of the molecule is COC(=O)c1cc(C(=O)OC)cc(-n2c(C)cc(C(=O)/C(C#N)=C/c3ccccc3C(F)(F)F)c2C)c1. The summed E-state index contributed by atoms with van der Waals surface area (Å²) >= 11 is 0. The lowest BCUT2D eigenvalue weighted by atomic mass is 9.99. The van der Waals surface area contributed by atoms with E-state index in [-0.39, 0.29) is 22.3 Å². The van der Waals surface area contributed by atoms with E-state index < -0.39 is 35.0 Å². The molecule has 0 amide bonds. The maximum Gasteiger partial charge on any atom is 0.416 e. The van der Waals surface area contributed by atoms with Gasteiger partial charge in [0.1, 0.15) is 11.6 Å². The Morgan fingerprint density at radius 2 is 1.51 bits per heavy atom. The summed E-state index contributed by atoms with van der Waals surface area (Å²) in [5.41, 5.74) is -0.421. The van der Waals surface area contributed by atoms with Crippen molar-refractivity contribution < 1.29 is 37.0 Å². The number of esters is 2. The monoisotopic (exact) mass is 510 g/mol. The van der Waals surface area contributed by atoms with Gasteiger partial charge in [-0.15, -0.1) is 0 Å². The lowest BCUT2D eigenvalue weighted by Gasteiger charge is -2.13. The Bertz CT molecular complexity index is 1440. The van der Waals surface area contributed by atoms with E-state index in [2.05, 4.69) is 0 Å². The zero-order chi connectivity index (χ0) is 27.5. The number of ether oxygens (including phenoxy) is 2. The van der Waals surface area contributed by atoms with Crippen LogP contribution in [0.3, 0.4) is 0 Å². The number of nitrogens with zero attached hydrogens (tertiary/aromatic N) is 2. The van der Waals surface area contributed by atoms with E-state index >= 15 is 0 Å². The molecule has 2 aromatic carbocycles. The number of rotatable bonds is 6. The molecular weight excluding hydrogens is 489 g/mol. The highest BCUT2D eigenvalue weighted by Crippen LogP contribution is 2.33. The molecule has 0 aliphatic rings. The maximum absolute atomic E-state index is 13.4. The van der Waals surface area contributed by atoms with Crippen LogP contribution in [0.25, 0.3) is 11.8 Å². The lowest BCUT2D eigenvalue weighted by Crippen LogP contribution is -2.10. The predicted molar refractivity (Wildman–Crippen MR) is 127 cm³/mol. The smallest absolute Gasteiger partial charge is 0.416 e. The van der Waals surface area contributed by atoms with Crippen LogP contribution in [0, 0.1) is 25.2 Å². The number of hydrogen-bond donors (Lipinski definition) is 0. The fraction of sp³-hybridized carbons (Fsp3) is 0.185. The number of benzene rings is 2. The minimum Gasteiger partial charge on any atom is -0.465 e. The van der Waals surface area contributed by atoms with Gasteiger partial charge in [0.15, 0.2) is 0 Å². The standard InChI is InChI=1S/C27H21F3N2O5/c1-15-9-22(24(33)20(14-31)10-17-7-5-6-8-23(17)27(28,29)30)16(2)32(15)21-12-18(25(34)36-3)11-19(13-21)26(35)37-4/h5-13H,1-4H3/b20-10+. The van der Waals surface area contributed by atoms with Gasteiger partial charge in [-0.3, -0.25) is 4.79 Å². The van der Waals surface area contributed by atoms with Crippen molar-refractivity contribution in [1.29, 1.82) is 5.26 Å². The van der Waals surface area contributed by atoms with Crippen LogP contribution in [0.4, 0.5) is 13.2 Å². The summed E-state index contributed by atoms with van der Waals surface area (Å²) in [7, 11) is 2.37. The van der Waals surface area contributed by atoms with Crippen molar-refractivity contribution in [3.63, 3.8) is 0 Å². The molecule has 0 saturated carbocycles. The molecule has 0 bridgehead atoms. The third kappa shape index (κ3) is 5.46. The van der Waals surface area contributed by atoms with Gasteiger partial charge >= 0.3 is 18.1 Å².